The van der Waals surface area contributed by atoms with Crippen LogP contribution < -0.4 is 11.1 Å². The molecular formula is C12H16FN3O4S. The van der Waals surface area contributed by atoms with Crippen LogP contribution in [0.15, 0.2) is 23.1 Å². The van der Waals surface area contributed by atoms with Gasteiger partial charge in [0.15, 0.2) is 0 Å². The number of ether oxygens (including phenoxy) is 1. The maximum absolute atomic E-state index is 13.2. The van der Waals surface area contributed by atoms with Crippen LogP contribution in [0.1, 0.15) is 0 Å². The summed E-state index contributed by atoms with van der Waals surface area (Å²) in [7, 11) is -2.55. The van der Waals surface area contributed by atoms with Crippen LogP contribution in [0, 0.1) is 5.82 Å². The molecule has 7 nitrogen and oxygen atoms in total. The fraction of sp³-hybridized carbons (Fsp3) is 0.417. The molecule has 0 saturated carbocycles. The zero-order chi connectivity index (χ0) is 15.6. The Labute approximate surface area is 121 Å². The Morgan fingerprint density at radius 3 is 2.86 bits per heavy atom. The number of halogens is 1. The van der Waals surface area contributed by atoms with E-state index in [0.29, 0.717) is 0 Å². The SMILES string of the molecule is CNC(=O)C1COCCN1S(=O)(=O)c1ccc(F)c(N)c1. The molecule has 1 unspecified atom stereocenters. The third kappa shape index (κ3) is 2.99. The number of likely N-dealkylation sites (N-methyl/N-ethyl adjacent to an activating group) is 1. The molecule has 1 aromatic carbocycles. The van der Waals surface area contributed by atoms with Crippen molar-refractivity contribution in [1.82, 2.24) is 9.62 Å². The largest absolute Gasteiger partial charge is 0.396 e. The highest BCUT2D eigenvalue weighted by molar-refractivity contribution is 7.89. The number of morpholine rings is 1. The van der Waals surface area contributed by atoms with Gasteiger partial charge in [-0.05, 0) is 18.2 Å². The van der Waals surface area contributed by atoms with Crippen LogP contribution in [0.2, 0.25) is 0 Å². The van der Waals surface area contributed by atoms with Gasteiger partial charge in [0.25, 0.3) is 0 Å². The van der Waals surface area contributed by atoms with Crippen molar-refractivity contribution in [2.45, 2.75) is 10.9 Å². The Hall–Kier alpha value is -1.71. The number of hydrogen-bond acceptors (Lipinski definition) is 5. The molecule has 2 rings (SSSR count). The van der Waals surface area contributed by atoms with Crippen molar-refractivity contribution in [2.75, 3.05) is 32.5 Å². The summed E-state index contributed by atoms with van der Waals surface area (Å²) in [5, 5.41) is 2.40. The Bertz CT molecular complexity index is 650. The minimum atomic E-state index is -3.96. The summed E-state index contributed by atoms with van der Waals surface area (Å²) in [6.45, 7) is 0.191. The van der Waals surface area contributed by atoms with Gasteiger partial charge in [-0.25, -0.2) is 12.8 Å². The van der Waals surface area contributed by atoms with Gasteiger partial charge in [-0.2, -0.15) is 4.31 Å². The number of nitrogens with one attached hydrogen (secondary N) is 1. The molecule has 1 heterocycles. The zero-order valence-electron chi connectivity index (χ0n) is 11.4. The average Bonchev–Trinajstić information content (AvgIpc) is 2.49. The van der Waals surface area contributed by atoms with E-state index in [0.717, 1.165) is 22.5 Å². The van der Waals surface area contributed by atoms with E-state index in [1.165, 1.54) is 7.05 Å². The number of carbonyl (C=O) groups excluding carboxylic acids is 1. The van der Waals surface area contributed by atoms with Crippen LogP contribution in [0.4, 0.5) is 10.1 Å². The number of nitrogens with two attached hydrogens (primary N) is 1. The van der Waals surface area contributed by atoms with E-state index in [-0.39, 0.29) is 30.3 Å². The standard InChI is InChI=1S/C12H16FN3O4S/c1-15-12(17)11-7-20-5-4-16(11)21(18,19)8-2-3-9(13)10(14)6-8/h2-3,6,11H,4-5,7,14H2,1H3,(H,15,17). The first-order valence-corrected chi connectivity index (χ1v) is 7.68. The number of rotatable bonds is 3. The van der Waals surface area contributed by atoms with Crippen LogP contribution >= 0.6 is 0 Å². The molecule has 116 valence electrons. The van der Waals surface area contributed by atoms with Crippen molar-refractivity contribution in [3.8, 4) is 0 Å². The highest BCUT2D eigenvalue weighted by Crippen LogP contribution is 2.23. The van der Waals surface area contributed by atoms with Gasteiger partial charge in [-0.15, -0.1) is 0 Å². The molecule has 1 aliphatic rings. The van der Waals surface area contributed by atoms with Gasteiger partial charge in [0.05, 0.1) is 23.8 Å². The molecular weight excluding hydrogens is 301 g/mol. The van der Waals surface area contributed by atoms with Crippen molar-refractivity contribution in [2.24, 2.45) is 0 Å². The maximum atomic E-state index is 13.2. The molecule has 1 saturated heterocycles. The minimum absolute atomic E-state index is 0.0322. The van der Waals surface area contributed by atoms with Crippen molar-refractivity contribution >= 4 is 21.6 Å². The summed E-state index contributed by atoms with van der Waals surface area (Å²) in [4.78, 5) is 11.6. The molecule has 1 amide bonds. The monoisotopic (exact) mass is 317 g/mol. The van der Waals surface area contributed by atoms with Crippen LogP contribution in [-0.4, -0.2) is 51.5 Å². The number of sulfonamides is 1. The Morgan fingerprint density at radius 2 is 2.24 bits per heavy atom. The first-order valence-electron chi connectivity index (χ1n) is 6.24. The van der Waals surface area contributed by atoms with Crippen LogP contribution in [0.25, 0.3) is 0 Å². The lowest BCUT2D eigenvalue weighted by atomic mass is 10.2. The first kappa shape index (κ1) is 15.7. The van der Waals surface area contributed by atoms with Gasteiger partial charge in [0, 0.05) is 13.6 Å². The fourth-order valence-electron chi connectivity index (χ4n) is 2.07. The van der Waals surface area contributed by atoms with E-state index in [4.69, 9.17) is 10.5 Å². The molecule has 1 fully saturated rings. The molecule has 0 aromatic heterocycles. The second-order valence-electron chi connectivity index (χ2n) is 4.50. The molecule has 21 heavy (non-hydrogen) atoms. The quantitative estimate of drug-likeness (QED) is 0.735. The van der Waals surface area contributed by atoms with Gasteiger partial charge < -0.3 is 15.8 Å². The van der Waals surface area contributed by atoms with Gasteiger partial charge in [-0.1, -0.05) is 0 Å². The zero-order valence-corrected chi connectivity index (χ0v) is 12.2. The smallest absolute Gasteiger partial charge is 0.244 e. The molecule has 1 aliphatic heterocycles. The van der Waals surface area contributed by atoms with Gasteiger partial charge in [-0.3, -0.25) is 4.79 Å². The average molecular weight is 317 g/mol. The van der Waals surface area contributed by atoms with Crippen LogP contribution in [0.3, 0.4) is 0 Å². The van der Waals surface area contributed by atoms with Crippen molar-refractivity contribution < 1.29 is 22.3 Å². The van der Waals surface area contributed by atoms with Crippen molar-refractivity contribution in [3.63, 3.8) is 0 Å². The summed E-state index contributed by atoms with van der Waals surface area (Å²) < 4.78 is 44.6. The lowest BCUT2D eigenvalue weighted by Crippen LogP contribution is -2.55. The van der Waals surface area contributed by atoms with E-state index >= 15 is 0 Å². The number of benzene rings is 1. The molecule has 9 heteroatoms. The topological polar surface area (TPSA) is 102 Å². The molecule has 0 radical (unpaired) electrons. The third-order valence-corrected chi connectivity index (χ3v) is 5.11. The van der Waals surface area contributed by atoms with Gasteiger partial charge in [0.2, 0.25) is 15.9 Å². The number of nitrogens with zero attached hydrogens (tertiary/aromatic N) is 1. The Morgan fingerprint density at radius 1 is 1.52 bits per heavy atom. The van der Waals surface area contributed by atoms with Crippen molar-refractivity contribution in [3.05, 3.63) is 24.0 Å². The van der Waals surface area contributed by atoms with Gasteiger partial charge in [0.1, 0.15) is 11.9 Å². The molecule has 0 aliphatic carbocycles. The summed E-state index contributed by atoms with van der Waals surface area (Å²) in [6.07, 6.45) is 0. The third-order valence-electron chi connectivity index (χ3n) is 3.20. The number of amides is 1. The second kappa shape index (κ2) is 5.96. The first-order chi connectivity index (χ1) is 9.87. The lowest BCUT2D eigenvalue weighted by Gasteiger charge is -2.33. The molecule has 1 aromatic rings. The highest BCUT2D eigenvalue weighted by atomic mass is 32.2. The van der Waals surface area contributed by atoms with Crippen LogP contribution in [-0.2, 0) is 19.6 Å². The summed E-state index contributed by atoms with van der Waals surface area (Å²) in [5.41, 5.74) is 5.14. The molecule has 0 spiro atoms. The summed E-state index contributed by atoms with van der Waals surface area (Å²) in [6, 6.07) is 2.19. The molecule has 3 N–H and O–H groups in total. The summed E-state index contributed by atoms with van der Waals surface area (Å²) in [5.74, 6) is -1.16. The summed E-state index contributed by atoms with van der Waals surface area (Å²) >= 11 is 0. The predicted molar refractivity (Wildman–Crippen MR) is 73.4 cm³/mol. The number of hydrogen-bond donors (Lipinski definition) is 2. The lowest BCUT2D eigenvalue weighted by molar-refractivity contribution is -0.128. The maximum Gasteiger partial charge on any atom is 0.244 e. The predicted octanol–water partition coefficient (Wildman–Crippen LogP) is -0.457. The Balaban J connectivity index is 2.40. The van der Waals surface area contributed by atoms with Crippen LogP contribution in [0.5, 0.6) is 0 Å². The van der Waals surface area contributed by atoms with E-state index < -0.39 is 27.8 Å². The van der Waals surface area contributed by atoms with E-state index in [1.54, 1.807) is 0 Å². The van der Waals surface area contributed by atoms with Gasteiger partial charge >= 0.3 is 0 Å². The molecule has 1 atom stereocenters. The number of carbonyl (C=O) groups is 1. The number of nitrogen functional groups attached to an aromatic ring is 1. The van der Waals surface area contributed by atoms with E-state index in [2.05, 4.69) is 5.32 Å². The number of anilines is 1. The second-order valence-corrected chi connectivity index (χ2v) is 6.39. The Kier molecular flexibility index (Phi) is 4.45. The minimum Gasteiger partial charge on any atom is -0.396 e. The normalized spacial score (nSPS) is 20.2. The molecule has 0 bridgehead atoms. The highest BCUT2D eigenvalue weighted by Gasteiger charge is 2.38. The fourth-order valence-corrected chi connectivity index (χ4v) is 3.66. The van der Waals surface area contributed by atoms with Crippen molar-refractivity contribution in [1.29, 1.82) is 0 Å². The van der Waals surface area contributed by atoms with E-state index in [9.17, 15) is 17.6 Å². The van der Waals surface area contributed by atoms with E-state index in [1.807, 2.05) is 0 Å².